The third-order valence-corrected chi connectivity index (χ3v) is 8.05. The van der Waals surface area contributed by atoms with E-state index in [1.54, 1.807) is 11.3 Å². The van der Waals surface area contributed by atoms with E-state index in [-0.39, 0.29) is 5.91 Å². The number of amides is 1. The lowest BCUT2D eigenvalue weighted by Gasteiger charge is -2.50. The Balaban J connectivity index is 1.31. The van der Waals surface area contributed by atoms with E-state index in [4.69, 9.17) is 0 Å². The highest BCUT2D eigenvalue weighted by Crippen LogP contribution is 2.52. The Kier molecular flexibility index (Phi) is 3.58. The first kappa shape index (κ1) is 15.1. The van der Waals surface area contributed by atoms with Crippen molar-refractivity contribution < 1.29 is 4.79 Å². The summed E-state index contributed by atoms with van der Waals surface area (Å²) in [6, 6.07) is 2.11. The first-order chi connectivity index (χ1) is 11.7. The van der Waals surface area contributed by atoms with Gasteiger partial charge in [-0.25, -0.2) is 5.43 Å². The SMILES string of the molecule is C[C@H]1CCc2sc(C(=O)NN=C3C4CC5CC(C4)CC3C5)cc2C1. The summed E-state index contributed by atoms with van der Waals surface area (Å²) in [5.41, 5.74) is 5.61. The van der Waals surface area contributed by atoms with Gasteiger partial charge in [0.05, 0.1) is 4.88 Å². The Labute approximate surface area is 147 Å². The van der Waals surface area contributed by atoms with E-state index in [2.05, 4.69) is 23.5 Å². The molecule has 128 valence electrons. The molecule has 1 amide bonds. The maximum absolute atomic E-state index is 12.6. The van der Waals surface area contributed by atoms with Crippen LogP contribution in [0, 0.1) is 29.6 Å². The van der Waals surface area contributed by atoms with Gasteiger partial charge in [0.1, 0.15) is 0 Å². The lowest BCUT2D eigenvalue weighted by atomic mass is 9.55. The molecule has 4 fully saturated rings. The van der Waals surface area contributed by atoms with Crippen LogP contribution in [0.5, 0.6) is 0 Å². The number of hydrogen-bond donors (Lipinski definition) is 1. The van der Waals surface area contributed by atoms with Gasteiger partial charge in [-0.3, -0.25) is 4.79 Å². The summed E-state index contributed by atoms with van der Waals surface area (Å²) in [4.78, 5) is 14.8. The molecule has 0 aromatic carbocycles. The highest BCUT2D eigenvalue weighted by atomic mass is 32.1. The molecule has 1 heterocycles. The minimum atomic E-state index is 0.00311. The van der Waals surface area contributed by atoms with E-state index in [0.29, 0.717) is 11.8 Å². The Hall–Kier alpha value is -1.16. The zero-order valence-electron chi connectivity index (χ0n) is 14.4. The number of hydrazone groups is 1. The Morgan fingerprint density at radius 2 is 1.88 bits per heavy atom. The third kappa shape index (κ3) is 2.54. The van der Waals surface area contributed by atoms with Gasteiger partial charge >= 0.3 is 0 Å². The molecular formula is C20H26N2OS. The summed E-state index contributed by atoms with van der Waals surface area (Å²) >= 11 is 1.68. The number of rotatable bonds is 2. The number of carbonyl (C=O) groups excluding carboxylic acids is 1. The van der Waals surface area contributed by atoms with Gasteiger partial charge in [-0.15, -0.1) is 11.3 Å². The van der Waals surface area contributed by atoms with Crippen LogP contribution in [-0.4, -0.2) is 11.6 Å². The van der Waals surface area contributed by atoms with Crippen molar-refractivity contribution in [1.82, 2.24) is 5.43 Å². The monoisotopic (exact) mass is 342 g/mol. The molecule has 1 N–H and O–H groups in total. The van der Waals surface area contributed by atoms with Crippen LogP contribution in [-0.2, 0) is 12.8 Å². The van der Waals surface area contributed by atoms with Crippen LogP contribution in [0.25, 0.3) is 0 Å². The fourth-order valence-electron chi connectivity index (χ4n) is 5.84. The number of hydrogen-bond acceptors (Lipinski definition) is 3. The number of nitrogens with one attached hydrogen (secondary N) is 1. The van der Waals surface area contributed by atoms with Crippen LogP contribution in [0.1, 0.15) is 65.6 Å². The molecule has 0 radical (unpaired) electrons. The smallest absolute Gasteiger partial charge is 0.266 e. The summed E-state index contributed by atoms with van der Waals surface area (Å²) in [5, 5.41) is 4.64. The van der Waals surface area contributed by atoms with Gasteiger partial charge in [-0.1, -0.05) is 6.92 Å². The molecule has 1 aromatic rings. The zero-order chi connectivity index (χ0) is 16.3. The standard InChI is InChI=1S/C20H26N2OS/c1-11-2-3-17-14(4-11)10-18(24-17)20(23)22-21-19-15-6-12-5-13(8-15)9-16(19)7-12/h10-13,15-16H,2-9H2,1H3,(H,22,23)/t11-,12?,13?,15?,16?/m0/s1. The summed E-state index contributed by atoms with van der Waals surface area (Å²) in [7, 11) is 0. The average Bonchev–Trinajstić information content (AvgIpc) is 2.96. The van der Waals surface area contributed by atoms with Crippen molar-refractivity contribution >= 4 is 23.0 Å². The van der Waals surface area contributed by atoms with Crippen molar-refractivity contribution in [2.24, 2.45) is 34.7 Å². The maximum Gasteiger partial charge on any atom is 0.281 e. The van der Waals surface area contributed by atoms with Gasteiger partial charge in [0.15, 0.2) is 0 Å². The molecule has 4 bridgehead atoms. The third-order valence-electron chi connectivity index (χ3n) is 6.81. The van der Waals surface area contributed by atoms with E-state index in [9.17, 15) is 4.79 Å². The van der Waals surface area contributed by atoms with E-state index in [1.807, 2.05) is 0 Å². The van der Waals surface area contributed by atoms with Crippen molar-refractivity contribution in [3.05, 3.63) is 21.4 Å². The number of aryl methyl sites for hydroxylation is 1. The predicted molar refractivity (Wildman–Crippen MR) is 97.5 cm³/mol. The van der Waals surface area contributed by atoms with E-state index >= 15 is 0 Å². The molecule has 1 atom stereocenters. The molecule has 1 aromatic heterocycles. The number of nitrogens with zero attached hydrogens (tertiary/aromatic N) is 1. The normalized spacial score (nSPS) is 36.5. The zero-order valence-corrected chi connectivity index (χ0v) is 15.2. The lowest BCUT2D eigenvalue weighted by molar-refractivity contribution is 0.0946. The van der Waals surface area contributed by atoms with Crippen LogP contribution in [0.4, 0.5) is 0 Å². The molecule has 5 aliphatic rings. The Morgan fingerprint density at radius 1 is 1.17 bits per heavy atom. The lowest BCUT2D eigenvalue weighted by Crippen LogP contribution is -2.46. The average molecular weight is 343 g/mol. The van der Waals surface area contributed by atoms with E-state index < -0.39 is 0 Å². The van der Waals surface area contributed by atoms with E-state index in [0.717, 1.165) is 35.5 Å². The second-order valence-corrected chi connectivity index (χ2v) is 9.83. The van der Waals surface area contributed by atoms with Gasteiger partial charge in [0.2, 0.25) is 0 Å². The van der Waals surface area contributed by atoms with Gasteiger partial charge in [0, 0.05) is 10.6 Å². The number of thiophene rings is 1. The molecule has 4 heteroatoms. The summed E-state index contributed by atoms with van der Waals surface area (Å²) in [6.45, 7) is 2.30. The van der Waals surface area contributed by atoms with Crippen LogP contribution in [0.2, 0.25) is 0 Å². The maximum atomic E-state index is 12.6. The van der Waals surface area contributed by atoms with Gasteiger partial charge in [-0.05, 0) is 92.6 Å². The second-order valence-electron chi connectivity index (χ2n) is 8.69. The highest BCUT2D eigenvalue weighted by Gasteiger charge is 2.46. The first-order valence-corrected chi connectivity index (χ1v) is 10.5. The van der Waals surface area contributed by atoms with Crippen molar-refractivity contribution in [3.8, 4) is 0 Å². The molecule has 6 rings (SSSR count). The molecule has 3 nitrogen and oxygen atoms in total. The molecule has 4 saturated carbocycles. The Morgan fingerprint density at radius 3 is 2.58 bits per heavy atom. The number of carbonyl (C=O) groups is 1. The van der Waals surface area contributed by atoms with Crippen LogP contribution in [0.15, 0.2) is 11.2 Å². The largest absolute Gasteiger partial charge is 0.281 e. The second kappa shape index (κ2) is 5.69. The molecule has 24 heavy (non-hydrogen) atoms. The molecule has 0 aliphatic heterocycles. The fraction of sp³-hybridized carbons (Fsp3) is 0.700. The topological polar surface area (TPSA) is 41.5 Å². The summed E-state index contributed by atoms with van der Waals surface area (Å²) < 4.78 is 0. The van der Waals surface area contributed by atoms with Gasteiger partial charge in [0.25, 0.3) is 5.91 Å². The van der Waals surface area contributed by atoms with Crippen LogP contribution in [0.3, 0.4) is 0 Å². The molecule has 0 saturated heterocycles. The molecular weight excluding hydrogens is 316 g/mol. The van der Waals surface area contributed by atoms with Gasteiger partial charge < -0.3 is 0 Å². The fourth-order valence-corrected chi connectivity index (χ4v) is 6.94. The minimum Gasteiger partial charge on any atom is -0.266 e. The summed E-state index contributed by atoms with van der Waals surface area (Å²) in [6.07, 6.45) is 10.2. The van der Waals surface area contributed by atoms with Crippen molar-refractivity contribution in [2.75, 3.05) is 0 Å². The van der Waals surface area contributed by atoms with Crippen LogP contribution >= 0.6 is 11.3 Å². The van der Waals surface area contributed by atoms with Gasteiger partial charge in [-0.2, -0.15) is 5.10 Å². The highest BCUT2D eigenvalue weighted by molar-refractivity contribution is 7.14. The number of fused-ring (bicyclic) bond motifs is 1. The Bertz CT molecular complexity index is 674. The molecule has 0 spiro atoms. The van der Waals surface area contributed by atoms with Crippen molar-refractivity contribution in [3.63, 3.8) is 0 Å². The minimum absolute atomic E-state index is 0.00311. The van der Waals surface area contributed by atoms with Crippen molar-refractivity contribution in [1.29, 1.82) is 0 Å². The molecule has 0 unspecified atom stereocenters. The quantitative estimate of drug-likeness (QED) is 0.795. The first-order valence-electron chi connectivity index (χ1n) is 9.65. The molecule has 5 aliphatic carbocycles. The summed E-state index contributed by atoms with van der Waals surface area (Å²) in [5.74, 6) is 3.93. The van der Waals surface area contributed by atoms with Crippen molar-refractivity contribution in [2.45, 2.75) is 58.3 Å². The predicted octanol–water partition coefficient (Wildman–Crippen LogP) is 4.41. The van der Waals surface area contributed by atoms with E-state index in [1.165, 1.54) is 54.7 Å². The van der Waals surface area contributed by atoms with Crippen LogP contribution < -0.4 is 5.43 Å².